The Morgan fingerprint density at radius 2 is 2.05 bits per heavy atom. The van der Waals surface area contributed by atoms with E-state index in [-0.39, 0.29) is 0 Å². The molecule has 3 heteroatoms. The minimum Gasteiger partial charge on any atom is -0.397 e. The summed E-state index contributed by atoms with van der Waals surface area (Å²) in [5.41, 5.74) is 11.6. The van der Waals surface area contributed by atoms with Crippen LogP contribution in [-0.4, -0.2) is 6.54 Å². The molecule has 0 saturated heterocycles. The summed E-state index contributed by atoms with van der Waals surface area (Å²) in [7, 11) is 0. The summed E-state index contributed by atoms with van der Waals surface area (Å²) in [6.07, 6.45) is 3.18. The fourth-order valence-corrected chi connectivity index (χ4v) is 2.18. The van der Waals surface area contributed by atoms with Crippen LogP contribution in [0.2, 0.25) is 0 Å². The monoisotopic (exact) mass is 275 g/mol. The highest BCUT2D eigenvalue weighted by Crippen LogP contribution is 2.29. The number of nitrogens with two attached hydrogens (primary N) is 2. The minimum absolute atomic E-state index is 0.466. The number of nitrogens with zero attached hydrogens (tertiary/aromatic N) is 1. The topological polar surface area (TPSA) is 55.3 Å². The zero-order valence-electron chi connectivity index (χ0n) is 13.4. The molecule has 0 bridgehead atoms. The van der Waals surface area contributed by atoms with Gasteiger partial charge in [0.2, 0.25) is 0 Å². The molecule has 0 aliphatic carbocycles. The van der Waals surface area contributed by atoms with Crippen molar-refractivity contribution in [2.24, 2.45) is 11.8 Å². The first-order valence-corrected chi connectivity index (χ1v) is 7.44. The van der Waals surface area contributed by atoms with Crippen molar-refractivity contribution in [2.45, 2.75) is 47.0 Å². The molecule has 0 heterocycles. The van der Waals surface area contributed by atoms with Crippen molar-refractivity contribution in [3.8, 4) is 0 Å². The molecule has 0 spiro atoms. The second-order valence-corrected chi connectivity index (χ2v) is 5.78. The second kappa shape index (κ2) is 7.34. The second-order valence-electron chi connectivity index (χ2n) is 5.78. The molecule has 0 aliphatic heterocycles. The van der Waals surface area contributed by atoms with E-state index < -0.39 is 0 Å². The van der Waals surface area contributed by atoms with Crippen LogP contribution in [0.25, 0.3) is 0 Å². The standard InChI is InChI=1S/C17H29N3/c1-6-7-10-20(19)16-9-8-15(14(5)17(16)18)11-13(4)12(2)3/h8-9,13H,2,6-7,10-11,18-19H2,1,3-5H3. The van der Waals surface area contributed by atoms with Crippen molar-refractivity contribution in [3.63, 3.8) is 0 Å². The Hall–Kier alpha value is -1.48. The number of hydrogen-bond donors (Lipinski definition) is 2. The molecule has 0 aliphatic rings. The lowest BCUT2D eigenvalue weighted by Gasteiger charge is -2.23. The van der Waals surface area contributed by atoms with Crippen molar-refractivity contribution in [1.82, 2.24) is 0 Å². The molecule has 20 heavy (non-hydrogen) atoms. The van der Waals surface area contributed by atoms with Crippen LogP contribution in [0.5, 0.6) is 0 Å². The van der Waals surface area contributed by atoms with E-state index in [0.717, 1.165) is 42.7 Å². The van der Waals surface area contributed by atoms with Crippen LogP contribution in [-0.2, 0) is 6.42 Å². The van der Waals surface area contributed by atoms with E-state index in [1.54, 1.807) is 5.01 Å². The lowest BCUT2D eigenvalue weighted by molar-refractivity contribution is 0.677. The van der Waals surface area contributed by atoms with Crippen molar-refractivity contribution in [2.75, 3.05) is 17.3 Å². The number of rotatable bonds is 7. The molecule has 1 aromatic carbocycles. The molecular weight excluding hydrogens is 246 g/mol. The zero-order chi connectivity index (χ0) is 15.3. The van der Waals surface area contributed by atoms with Gasteiger partial charge in [-0.1, -0.05) is 38.5 Å². The van der Waals surface area contributed by atoms with Gasteiger partial charge in [-0.2, -0.15) is 0 Å². The van der Waals surface area contributed by atoms with Gasteiger partial charge in [-0.15, -0.1) is 0 Å². The Bertz CT molecular complexity index is 466. The van der Waals surface area contributed by atoms with Gasteiger partial charge in [0.1, 0.15) is 0 Å². The van der Waals surface area contributed by atoms with Gasteiger partial charge in [0, 0.05) is 6.54 Å². The number of anilines is 2. The van der Waals surface area contributed by atoms with Crippen LogP contribution >= 0.6 is 0 Å². The third-order valence-corrected chi connectivity index (χ3v) is 4.03. The van der Waals surface area contributed by atoms with Gasteiger partial charge in [-0.25, -0.2) is 5.84 Å². The van der Waals surface area contributed by atoms with Crippen LogP contribution in [0.1, 0.15) is 44.7 Å². The molecule has 1 atom stereocenters. The largest absolute Gasteiger partial charge is 0.397 e. The fraction of sp³-hybridized carbons (Fsp3) is 0.529. The van der Waals surface area contributed by atoms with Crippen LogP contribution in [0, 0.1) is 12.8 Å². The van der Waals surface area contributed by atoms with Gasteiger partial charge in [-0.3, -0.25) is 0 Å². The minimum atomic E-state index is 0.466. The lowest BCUT2D eigenvalue weighted by Crippen LogP contribution is -2.32. The molecule has 3 nitrogen and oxygen atoms in total. The van der Waals surface area contributed by atoms with Crippen molar-refractivity contribution >= 4 is 11.4 Å². The third kappa shape index (κ3) is 4.01. The zero-order valence-corrected chi connectivity index (χ0v) is 13.4. The van der Waals surface area contributed by atoms with E-state index in [0.29, 0.717) is 5.92 Å². The summed E-state index contributed by atoms with van der Waals surface area (Å²) >= 11 is 0. The number of benzene rings is 1. The van der Waals surface area contributed by atoms with Crippen LogP contribution < -0.4 is 16.6 Å². The molecular formula is C17H29N3. The molecule has 1 rings (SSSR count). The number of unbranched alkanes of at least 4 members (excludes halogenated alkanes) is 1. The first-order valence-electron chi connectivity index (χ1n) is 7.44. The fourth-order valence-electron chi connectivity index (χ4n) is 2.18. The van der Waals surface area contributed by atoms with Gasteiger partial charge in [0.05, 0.1) is 11.4 Å². The van der Waals surface area contributed by atoms with Crippen molar-refractivity contribution in [3.05, 3.63) is 35.4 Å². The highest BCUT2D eigenvalue weighted by molar-refractivity contribution is 5.72. The maximum Gasteiger partial charge on any atom is 0.0749 e. The Balaban J connectivity index is 2.94. The molecule has 0 aromatic heterocycles. The molecule has 4 N–H and O–H groups in total. The average molecular weight is 275 g/mol. The number of hydrazine groups is 1. The summed E-state index contributed by atoms with van der Waals surface area (Å²) in [4.78, 5) is 0. The highest BCUT2D eigenvalue weighted by Gasteiger charge is 2.13. The smallest absolute Gasteiger partial charge is 0.0749 e. The van der Waals surface area contributed by atoms with Crippen LogP contribution in [0.3, 0.4) is 0 Å². The molecule has 0 radical (unpaired) electrons. The Labute approximate surface area is 123 Å². The molecule has 112 valence electrons. The van der Waals surface area contributed by atoms with E-state index in [2.05, 4.69) is 40.3 Å². The molecule has 1 aromatic rings. The van der Waals surface area contributed by atoms with E-state index >= 15 is 0 Å². The summed E-state index contributed by atoms with van der Waals surface area (Å²) in [6, 6.07) is 4.19. The third-order valence-electron chi connectivity index (χ3n) is 4.03. The van der Waals surface area contributed by atoms with Gasteiger partial charge < -0.3 is 10.7 Å². The van der Waals surface area contributed by atoms with Crippen molar-refractivity contribution in [1.29, 1.82) is 0 Å². The van der Waals surface area contributed by atoms with E-state index in [4.69, 9.17) is 11.6 Å². The van der Waals surface area contributed by atoms with E-state index in [1.165, 1.54) is 11.1 Å². The Morgan fingerprint density at radius 3 is 2.60 bits per heavy atom. The normalized spacial score (nSPS) is 12.2. The Kier molecular flexibility index (Phi) is 6.08. The quantitative estimate of drug-likeness (QED) is 0.344. The molecule has 0 saturated carbocycles. The molecule has 0 amide bonds. The van der Waals surface area contributed by atoms with Gasteiger partial charge in [0.25, 0.3) is 0 Å². The van der Waals surface area contributed by atoms with E-state index in [1.807, 2.05) is 6.07 Å². The summed E-state index contributed by atoms with van der Waals surface area (Å²) in [5, 5.41) is 1.76. The van der Waals surface area contributed by atoms with Gasteiger partial charge >= 0.3 is 0 Å². The number of allylic oxidation sites excluding steroid dienone is 1. The first kappa shape index (κ1) is 16.6. The van der Waals surface area contributed by atoms with Gasteiger partial charge in [-0.05, 0) is 49.8 Å². The van der Waals surface area contributed by atoms with E-state index in [9.17, 15) is 0 Å². The summed E-state index contributed by atoms with van der Waals surface area (Å²) in [5.74, 6) is 6.56. The predicted octanol–water partition coefficient (Wildman–Crippen LogP) is 3.81. The van der Waals surface area contributed by atoms with Crippen LogP contribution in [0.4, 0.5) is 11.4 Å². The summed E-state index contributed by atoms with van der Waals surface area (Å²) in [6.45, 7) is 13.4. The first-order chi connectivity index (χ1) is 9.38. The Morgan fingerprint density at radius 1 is 1.40 bits per heavy atom. The average Bonchev–Trinajstić information content (AvgIpc) is 2.41. The molecule has 0 fully saturated rings. The predicted molar refractivity (Wildman–Crippen MR) is 89.7 cm³/mol. The molecule has 1 unspecified atom stereocenters. The van der Waals surface area contributed by atoms with Gasteiger partial charge in [0.15, 0.2) is 0 Å². The maximum atomic E-state index is 6.26. The maximum absolute atomic E-state index is 6.26. The SMILES string of the molecule is C=C(C)C(C)Cc1ccc(N(N)CCCC)c(N)c1C. The van der Waals surface area contributed by atoms with Crippen molar-refractivity contribution < 1.29 is 0 Å². The lowest BCUT2D eigenvalue weighted by atomic mass is 9.92. The summed E-state index contributed by atoms with van der Waals surface area (Å²) < 4.78 is 0. The van der Waals surface area contributed by atoms with Crippen LogP contribution in [0.15, 0.2) is 24.3 Å². The number of hydrogen-bond acceptors (Lipinski definition) is 3. The highest BCUT2D eigenvalue weighted by atomic mass is 15.4. The number of nitrogen functional groups attached to an aromatic ring is 1.